The number of Topliss-reactive ketones (excluding diaryl/α,β-unsaturated/α-hetero) is 1. The van der Waals surface area contributed by atoms with Crippen molar-refractivity contribution in [1.29, 1.82) is 0 Å². The number of amides is 1. The Bertz CT molecular complexity index is 744. The zero-order chi connectivity index (χ0) is 18.2. The van der Waals surface area contributed by atoms with Gasteiger partial charge in [-0.1, -0.05) is 29.8 Å². The molecule has 0 unspecified atom stereocenters. The van der Waals surface area contributed by atoms with E-state index in [0.717, 1.165) is 5.56 Å². The normalized spacial score (nSPS) is 10.2. The first kappa shape index (κ1) is 18.9. The molecule has 0 fully saturated rings. The van der Waals surface area contributed by atoms with E-state index in [1.54, 1.807) is 25.3 Å². The summed E-state index contributed by atoms with van der Waals surface area (Å²) in [5, 5.41) is 2.78. The summed E-state index contributed by atoms with van der Waals surface area (Å²) < 4.78 is 10.4. The van der Waals surface area contributed by atoms with Crippen LogP contribution in [0.2, 0.25) is 0 Å². The fraction of sp³-hybridized carbons (Fsp3) is 0.263. The summed E-state index contributed by atoms with van der Waals surface area (Å²) in [4.78, 5) is 24.1. The van der Waals surface area contributed by atoms with Crippen LogP contribution in [0, 0.1) is 6.92 Å². The van der Waals surface area contributed by atoms with Gasteiger partial charge in [0.25, 0.3) is 0 Å². The van der Waals surface area contributed by atoms with Crippen LogP contribution < -0.4 is 14.8 Å². The first-order chi connectivity index (χ1) is 12.0. The van der Waals surface area contributed by atoms with Crippen molar-refractivity contribution < 1.29 is 19.1 Å². The van der Waals surface area contributed by atoms with Crippen LogP contribution in [-0.4, -0.2) is 37.4 Å². The second kappa shape index (κ2) is 9.13. The van der Waals surface area contributed by atoms with E-state index in [0.29, 0.717) is 22.7 Å². The molecule has 2 aromatic carbocycles. The van der Waals surface area contributed by atoms with Crippen LogP contribution in [0.4, 0.5) is 5.69 Å². The molecule has 2 aromatic rings. The number of methoxy groups -OCH3 is 2. The van der Waals surface area contributed by atoms with Gasteiger partial charge in [-0.15, -0.1) is 11.8 Å². The van der Waals surface area contributed by atoms with Crippen LogP contribution in [0.15, 0.2) is 42.5 Å². The molecular weight excluding hydrogens is 338 g/mol. The topological polar surface area (TPSA) is 64.6 Å². The Morgan fingerprint density at radius 3 is 2.28 bits per heavy atom. The predicted octanol–water partition coefficient (Wildman–Crippen LogP) is 3.57. The number of carbonyl (C=O) groups is 2. The lowest BCUT2D eigenvalue weighted by atomic mass is 10.1. The van der Waals surface area contributed by atoms with Crippen molar-refractivity contribution in [2.45, 2.75) is 6.92 Å². The lowest BCUT2D eigenvalue weighted by molar-refractivity contribution is -0.113. The van der Waals surface area contributed by atoms with Crippen LogP contribution >= 0.6 is 11.8 Å². The van der Waals surface area contributed by atoms with Crippen molar-refractivity contribution in [2.75, 3.05) is 31.0 Å². The Morgan fingerprint density at radius 1 is 0.960 bits per heavy atom. The number of benzene rings is 2. The van der Waals surface area contributed by atoms with Gasteiger partial charge in [0.05, 0.1) is 25.7 Å². The van der Waals surface area contributed by atoms with Gasteiger partial charge in [-0.3, -0.25) is 9.59 Å². The summed E-state index contributed by atoms with van der Waals surface area (Å²) in [6.07, 6.45) is 0. The maximum absolute atomic E-state index is 12.1. The summed E-state index contributed by atoms with van der Waals surface area (Å²) in [7, 11) is 3.09. The zero-order valence-corrected chi connectivity index (χ0v) is 15.3. The average molecular weight is 359 g/mol. The Hall–Kier alpha value is -2.47. The molecule has 0 aliphatic heterocycles. The minimum absolute atomic E-state index is 0.0175. The van der Waals surface area contributed by atoms with Gasteiger partial charge < -0.3 is 14.8 Å². The number of ether oxygens (including phenoxy) is 2. The van der Waals surface area contributed by atoms with Crippen LogP contribution in [0.25, 0.3) is 0 Å². The molecule has 0 spiro atoms. The van der Waals surface area contributed by atoms with Crippen LogP contribution in [0.3, 0.4) is 0 Å². The van der Waals surface area contributed by atoms with E-state index in [1.807, 2.05) is 31.2 Å². The Morgan fingerprint density at radius 2 is 1.64 bits per heavy atom. The molecule has 0 heterocycles. The Kier molecular flexibility index (Phi) is 6.89. The van der Waals surface area contributed by atoms with Gasteiger partial charge >= 0.3 is 0 Å². The molecule has 132 valence electrons. The molecule has 0 radical (unpaired) electrons. The second-order valence-corrected chi connectivity index (χ2v) is 6.39. The molecule has 0 saturated heterocycles. The van der Waals surface area contributed by atoms with Gasteiger partial charge in [-0.05, 0) is 19.1 Å². The SMILES string of the molecule is COc1ccc(NC(=O)CSCC(=O)c2ccc(C)cc2)cc1OC. The number of ketones is 1. The third-order valence-electron chi connectivity index (χ3n) is 3.51. The molecule has 2 rings (SSSR count). The minimum Gasteiger partial charge on any atom is -0.493 e. The van der Waals surface area contributed by atoms with Crippen molar-refractivity contribution in [3.8, 4) is 11.5 Å². The molecule has 6 heteroatoms. The number of hydrogen-bond donors (Lipinski definition) is 1. The molecule has 1 N–H and O–H groups in total. The van der Waals surface area contributed by atoms with Crippen LogP contribution in [0.1, 0.15) is 15.9 Å². The molecule has 0 saturated carbocycles. The van der Waals surface area contributed by atoms with Gasteiger partial charge in [0.15, 0.2) is 17.3 Å². The van der Waals surface area contributed by atoms with Crippen molar-refractivity contribution in [3.05, 3.63) is 53.6 Å². The van der Waals surface area contributed by atoms with Crippen molar-refractivity contribution in [2.24, 2.45) is 0 Å². The quantitative estimate of drug-likeness (QED) is 0.730. The van der Waals surface area contributed by atoms with E-state index < -0.39 is 0 Å². The first-order valence-electron chi connectivity index (χ1n) is 7.73. The highest BCUT2D eigenvalue weighted by atomic mass is 32.2. The molecular formula is C19H21NO4S. The number of aryl methyl sites for hydroxylation is 1. The fourth-order valence-corrected chi connectivity index (χ4v) is 2.88. The Labute approximate surface area is 151 Å². The van der Waals surface area contributed by atoms with Gasteiger partial charge in [-0.25, -0.2) is 0 Å². The maximum Gasteiger partial charge on any atom is 0.234 e. The van der Waals surface area contributed by atoms with Gasteiger partial charge in [0.1, 0.15) is 0 Å². The highest BCUT2D eigenvalue weighted by Gasteiger charge is 2.10. The second-order valence-electron chi connectivity index (χ2n) is 5.40. The molecule has 25 heavy (non-hydrogen) atoms. The summed E-state index contributed by atoms with van der Waals surface area (Å²) in [6, 6.07) is 12.6. The number of nitrogens with one attached hydrogen (secondary N) is 1. The number of carbonyl (C=O) groups excluding carboxylic acids is 2. The molecule has 0 aromatic heterocycles. The third-order valence-corrected chi connectivity index (χ3v) is 4.44. The number of hydrogen-bond acceptors (Lipinski definition) is 5. The van der Waals surface area contributed by atoms with Crippen LogP contribution in [-0.2, 0) is 4.79 Å². The van der Waals surface area contributed by atoms with Crippen molar-refractivity contribution >= 4 is 29.1 Å². The average Bonchev–Trinajstić information content (AvgIpc) is 2.62. The highest BCUT2D eigenvalue weighted by Crippen LogP contribution is 2.29. The molecule has 0 atom stereocenters. The Balaban J connectivity index is 1.82. The van der Waals surface area contributed by atoms with Gasteiger partial charge in [-0.2, -0.15) is 0 Å². The number of anilines is 1. The maximum atomic E-state index is 12.1. The summed E-state index contributed by atoms with van der Waals surface area (Å²) in [5.74, 6) is 1.45. The molecule has 5 nitrogen and oxygen atoms in total. The summed E-state index contributed by atoms with van der Waals surface area (Å²) in [6.45, 7) is 1.97. The highest BCUT2D eigenvalue weighted by molar-refractivity contribution is 8.00. The molecule has 0 aliphatic rings. The molecule has 0 bridgehead atoms. The third kappa shape index (κ3) is 5.53. The van der Waals surface area contributed by atoms with Crippen molar-refractivity contribution in [3.63, 3.8) is 0 Å². The number of thioether (sulfide) groups is 1. The minimum atomic E-state index is -0.172. The molecule has 1 amide bonds. The summed E-state index contributed by atoms with van der Waals surface area (Å²) in [5.41, 5.74) is 2.39. The van der Waals surface area contributed by atoms with Gasteiger partial charge in [0.2, 0.25) is 5.91 Å². The van der Waals surface area contributed by atoms with E-state index >= 15 is 0 Å². The van der Waals surface area contributed by atoms with E-state index in [9.17, 15) is 9.59 Å². The van der Waals surface area contributed by atoms with Gasteiger partial charge in [0, 0.05) is 17.3 Å². The fourth-order valence-electron chi connectivity index (χ4n) is 2.17. The lowest BCUT2D eigenvalue weighted by Gasteiger charge is -2.10. The van der Waals surface area contributed by atoms with E-state index in [-0.39, 0.29) is 23.2 Å². The summed E-state index contributed by atoms with van der Waals surface area (Å²) >= 11 is 1.29. The number of rotatable bonds is 8. The first-order valence-corrected chi connectivity index (χ1v) is 8.88. The van der Waals surface area contributed by atoms with E-state index in [1.165, 1.54) is 18.9 Å². The van der Waals surface area contributed by atoms with E-state index in [2.05, 4.69) is 5.32 Å². The predicted molar refractivity (Wildman–Crippen MR) is 101 cm³/mol. The smallest absolute Gasteiger partial charge is 0.234 e. The zero-order valence-electron chi connectivity index (χ0n) is 14.5. The largest absolute Gasteiger partial charge is 0.493 e. The van der Waals surface area contributed by atoms with E-state index in [4.69, 9.17) is 9.47 Å². The molecule has 0 aliphatic carbocycles. The lowest BCUT2D eigenvalue weighted by Crippen LogP contribution is -2.15. The standard InChI is InChI=1S/C19H21NO4S/c1-13-4-6-14(7-5-13)16(21)11-25-12-19(22)20-15-8-9-17(23-2)18(10-15)24-3/h4-10H,11-12H2,1-3H3,(H,20,22). The monoisotopic (exact) mass is 359 g/mol. The van der Waals surface area contributed by atoms with Crippen LogP contribution in [0.5, 0.6) is 11.5 Å². The van der Waals surface area contributed by atoms with Crippen molar-refractivity contribution in [1.82, 2.24) is 0 Å².